The molecule has 1 aromatic carbocycles. The minimum absolute atomic E-state index is 0.0450. The highest BCUT2D eigenvalue weighted by molar-refractivity contribution is 7.13. The molecule has 0 bridgehead atoms. The molecule has 3 amide bonds. The Bertz CT molecular complexity index is 956. The predicted molar refractivity (Wildman–Crippen MR) is 127 cm³/mol. The maximum atomic E-state index is 12.9. The summed E-state index contributed by atoms with van der Waals surface area (Å²) in [5.41, 5.74) is 0.975. The third-order valence-electron chi connectivity index (χ3n) is 5.41. The lowest BCUT2D eigenvalue weighted by Crippen LogP contribution is -2.42. The Labute approximate surface area is 197 Å². The van der Waals surface area contributed by atoms with E-state index in [0.29, 0.717) is 21.4 Å². The average molecular weight is 477 g/mol. The first-order valence-electron chi connectivity index (χ1n) is 10.9. The van der Waals surface area contributed by atoms with Crippen molar-refractivity contribution in [2.75, 3.05) is 11.9 Å². The van der Waals surface area contributed by atoms with Crippen LogP contribution in [0.1, 0.15) is 62.0 Å². The van der Waals surface area contributed by atoms with Crippen molar-refractivity contribution in [2.45, 2.75) is 64.5 Å². The zero-order valence-corrected chi connectivity index (χ0v) is 20.0. The summed E-state index contributed by atoms with van der Waals surface area (Å²) < 4.78 is 0. The van der Waals surface area contributed by atoms with E-state index in [9.17, 15) is 14.4 Å². The summed E-state index contributed by atoms with van der Waals surface area (Å²) in [5.74, 6) is -0.706. The van der Waals surface area contributed by atoms with Crippen LogP contribution in [-0.4, -0.2) is 46.2 Å². The van der Waals surface area contributed by atoms with E-state index in [-0.39, 0.29) is 42.8 Å². The Morgan fingerprint density at radius 1 is 1.16 bits per heavy atom. The smallest absolute Gasteiger partial charge is 0.256 e. The summed E-state index contributed by atoms with van der Waals surface area (Å²) in [5, 5.41) is 8.33. The molecule has 1 aliphatic rings. The van der Waals surface area contributed by atoms with Gasteiger partial charge in [0, 0.05) is 17.5 Å². The molecule has 7 nitrogen and oxygen atoms in total. The lowest BCUT2D eigenvalue weighted by atomic mass is 9.95. The molecule has 0 spiro atoms. The normalized spacial score (nSPS) is 14.2. The topological polar surface area (TPSA) is 91.4 Å². The van der Waals surface area contributed by atoms with Crippen LogP contribution < -0.4 is 10.6 Å². The molecule has 1 aromatic heterocycles. The number of aromatic nitrogens is 1. The number of carbonyl (C=O) groups excluding carboxylic acids is 3. The van der Waals surface area contributed by atoms with Crippen molar-refractivity contribution < 1.29 is 14.4 Å². The van der Waals surface area contributed by atoms with Crippen molar-refractivity contribution in [3.8, 4) is 0 Å². The van der Waals surface area contributed by atoms with Gasteiger partial charge in [0.05, 0.1) is 22.7 Å². The molecule has 0 aliphatic heterocycles. The molecule has 0 unspecified atom stereocenters. The lowest BCUT2D eigenvalue weighted by molar-refractivity contribution is -0.121. The first-order chi connectivity index (χ1) is 15.3. The second kappa shape index (κ2) is 11.4. The molecule has 0 saturated heterocycles. The molecule has 3 rings (SSSR count). The minimum Gasteiger partial charge on any atom is -0.353 e. The molecule has 0 radical (unpaired) electrons. The van der Waals surface area contributed by atoms with Gasteiger partial charge in [-0.15, -0.1) is 11.3 Å². The van der Waals surface area contributed by atoms with Gasteiger partial charge in [-0.2, -0.15) is 0 Å². The Balaban J connectivity index is 1.54. The number of halogens is 1. The molecule has 1 fully saturated rings. The molecule has 1 heterocycles. The zero-order chi connectivity index (χ0) is 23.1. The second-order valence-corrected chi connectivity index (χ2v) is 9.54. The maximum Gasteiger partial charge on any atom is 0.256 e. The highest BCUT2D eigenvalue weighted by Crippen LogP contribution is 2.20. The van der Waals surface area contributed by atoms with Crippen LogP contribution in [-0.2, 0) is 16.0 Å². The van der Waals surface area contributed by atoms with E-state index in [4.69, 9.17) is 11.6 Å². The number of thiazole rings is 1. The monoisotopic (exact) mass is 476 g/mol. The second-order valence-electron chi connectivity index (χ2n) is 8.28. The fourth-order valence-electron chi connectivity index (χ4n) is 3.73. The first kappa shape index (κ1) is 24.2. The quantitative estimate of drug-likeness (QED) is 0.595. The number of rotatable bonds is 8. The summed E-state index contributed by atoms with van der Waals surface area (Å²) in [6.45, 7) is 3.56. The minimum atomic E-state index is -0.355. The van der Waals surface area contributed by atoms with Gasteiger partial charge in [0.2, 0.25) is 11.8 Å². The Kier molecular flexibility index (Phi) is 8.64. The van der Waals surface area contributed by atoms with Crippen molar-refractivity contribution in [3.05, 3.63) is 45.9 Å². The van der Waals surface area contributed by atoms with Gasteiger partial charge in [-0.3, -0.25) is 14.4 Å². The molecule has 32 heavy (non-hydrogen) atoms. The van der Waals surface area contributed by atoms with Crippen LogP contribution in [0.25, 0.3) is 0 Å². The molecular weight excluding hydrogens is 448 g/mol. The Hall–Kier alpha value is -2.45. The van der Waals surface area contributed by atoms with Gasteiger partial charge in [0.1, 0.15) is 6.54 Å². The number of nitrogens with zero attached hydrogens (tertiary/aromatic N) is 2. The molecular formula is C23H29ClN4O3S. The molecule has 2 N–H and O–H groups in total. The Morgan fingerprint density at radius 3 is 2.56 bits per heavy atom. The van der Waals surface area contributed by atoms with Gasteiger partial charge < -0.3 is 15.5 Å². The SMILES string of the molecule is CC(C)N(CC(=O)Nc1nc(CC(=O)NC2CCCCC2)cs1)C(=O)c1ccccc1Cl. The van der Waals surface area contributed by atoms with E-state index in [1.165, 1.54) is 22.7 Å². The van der Waals surface area contributed by atoms with Crippen LogP contribution in [0.2, 0.25) is 5.02 Å². The zero-order valence-electron chi connectivity index (χ0n) is 18.4. The maximum absolute atomic E-state index is 12.9. The third-order valence-corrected chi connectivity index (χ3v) is 6.55. The number of hydrogen-bond acceptors (Lipinski definition) is 5. The summed E-state index contributed by atoms with van der Waals surface area (Å²) >= 11 is 7.41. The third kappa shape index (κ3) is 6.77. The molecule has 0 atom stereocenters. The number of hydrogen-bond donors (Lipinski definition) is 2. The van der Waals surface area contributed by atoms with Gasteiger partial charge in [-0.05, 0) is 38.8 Å². The fourth-order valence-corrected chi connectivity index (χ4v) is 4.67. The van der Waals surface area contributed by atoms with Gasteiger partial charge in [-0.1, -0.05) is 43.0 Å². The van der Waals surface area contributed by atoms with E-state index >= 15 is 0 Å². The van der Waals surface area contributed by atoms with Crippen molar-refractivity contribution >= 4 is 45.8 Å². The van der Waals surface area contributed by atoms with Crippen LogP contribution in [0.5, 0.6) is 0 Å². The van der Waals surface area contributed by atoms with Crippen LogP contribution >= 0.6 is 22.9 Å². The highest BCUT2D eigenvalue weighted by atomic mass is 35.5. The van der Waals surface area contributed by atoms with Gasteiger partial charge in [0.25, 0.3) is 5.91 Å². The number of benzene rings is 1. The number of carbonyl (C=O) groups is 3. The van der Waals surface area contributed by atoms with Gasteiger partial charge in [-0.25, -0.2) is 4.98 Å². The molecule has 172 valence electrons. The summed E-state index contributed by atoms with van der Waals surface area (Å²) in [4.78, 5) is 43.6. The van der Waals surface area contributed by atoms with Crippen LogP contribution in [0.3, 0.4) is 0 Å². The molecule has 9 heteroatoms. The first-order valence-corrected chi connectivity index (χ1v) is 12.2. The van der Waals surface area contributed by atoms with Gasteiger partial charge >= 0.3 is 0 Å². The molecule has 1 saturated carbocycles. The van der Waals surface area contributed by atoms with Crippen molar-refractivity contribution in [2.24, 2.45) is 0 Å². The van der Waals surface area contributed by atoms with E-state index in [2.05, 4.69) is 15.6 Å². The van der Waals surface area contributed by atoms with Crippen LogP contribution in [0, 0.1) is 0 Å². The van der Waals surface area contributed by atoms with Crippen molar-refractivity contribution in [3.63, 3.8) is 0 Å². The van der Waals surface area contributed by atoms with E-state index < -0.39 is 0 Å². The van der Waals surface area contributed by atoms with Crippen molar-refractivity contribution in [1.29, 1.82) is 0 Å². The molecule has 2 aromatic rings. The predicted octanol–water partition coefficient (Wildman–Crippen LogP) is 4.28. The van der Waals surface area contributed by atoms with Gasteiger partial charge in [0.15, 0.2) is 5.13 Å². The summed E-state index contributed by atoms with van der Waals surface area (Å²) in [7, 11) is 0. The number of anilines is 1. The number of amides is 3. The average Bonchev–Trinajstić information content (AvgIpc) is 3.18. The largest absolute Gasteiger partial charge is 0.353 e. The summed E-state index contributed by atoms with van der Waals surface area (Å²) in [6.07, 6.45) is 5.80. The highest BCUT2D eigenvalue weighted by Gasteiger charge is 2.24. The standard InChI is InChI=1S/C23H29ClN4O3S/c1-15(2)28(22(31)18-10-6-7-11-19(18)24)13-21(30)27-23-26-17(14-32-23)12-20(29)25-16-8-4-3-5-9-16/h6-7,10-11,14-16H,3-5,8-9,12-13H2,1-2H3,(H,25,29)(H,26,27,30). The Morgan fingerprint density at radius 2 is 1.88 bits per heavy atom. The molecule has 1 aliphatic carbocycles. The van der Waals surface area contributed by atoms with Crippen LogP contribution in [0.15, 0.2) is 29.6 Å². The number of nitrogens with one attached hydrogen (secondary N) is 2. The van der Waals surface area contributed by atoms with E-state index in [1.54, 1.807) is 29.6 Å². The van der Waals surface area contributed by atoms with E-state index in [1.807, 2.05) is 13.8 Å². The summed E-state index contributed by atoms with van der Waals surface area (Å²) in [6, 6.07) is 6.84. The van der Waals surface area contributed by atoms with E-state index in [0.717, 1.165) is 25.7 Å². The van der Waals surface area contributed by atoms with Crippen molar-refractivity contribution in [1.82, 2.24) is 15.2 Å². The van der Waals surface area contributed by atoms with Crippen LogP contribution in [0.4, 0.5) is 5.13 Å². The fraction of sp³-hybridized carbons (Fsp3) is 0.478. The lowest BCUT2D eigenvalue weighted by Gasteiger charge is -2.26.